The summed E-state index contributed by atoms with van der Waals surface area (Å²) >= 11 is 0. The highest BCUT2D eigenvalue weighted by Crippen LogP contribution is 2.22. The van der Waals surface area contributed by atoms with Crippen LogP contribution in [0, 0.1) is 13.8 Å². The van der Waals surface area contributed by atoms with E-state index in [1.54, 1.807) is 13.2 Å². The summed E-state index contributed by atoms with van der Waals surface area (Å²) in [4.78, 5) is 29.0. The minimum atomic E-state index is -0.381. The Kier molecular flexibility index (Phi) is 3.97. The third-order valence-electron chi connectivity index (χ3n) is 4.25. The van der Waals surface area contributed by atoms with E-state index < -0.39 is 0 Å². The van der Waals surface area contributed by atoms with Gasteiger partial charge in [-0.15, -0.1) is 0 Å². The van der Waals surface area contributed by atoms with Crippen LogP contribution in [0.2, 0.25) is 0 Å². The molecule has 2 heterocycles. The van der Waals surface area contributed by atoms with E-state index in [1.807, 2.05) is 13.8 Å². The number of nitrogens with zero attached hydrogens (tertiary/aromatic N) is 3. The highest BCUT2D eigenvalue weighted by atomic mass is 16.2. The van der Waals surface area contributed by atoms with Crippen LogP contribution >= 0.6 is 0 Å². The van der Waals surface area contributed by atoms with Crippen molar-refractivity contribution in [3.05, 3.63) is 68.0 Å². The van der Waals surface area contributed by atoms with Gasteiger partial charge in [0, 0.05) is 26.8 Å². The van der Waals surface area contributed by atoms with Crippen molar-refractivity contribution in [2.45, 2.75) is 20.4 Å². The van der Waals surface area contributed by atoms with Crippen LogP contribution in [0.25, 0.3) is 11.0 Å². The zero-order valence-corrected chi connectivity index (χ0v) is 14.3. The number of nitrogens with one attached hydrogen (secondary N) is 1. The average molecular weight is 324 g/mol. The number of hydrogen-bond donors (Lipinski definition) is 1. The topological polar surface area (TPSA) is 68.9 Å². The lowest BCUT2D eigenvalue weighted by Crippen LogP contribution is -2.37. The number of aryl methyl sites for hydroxylation is 3. The first kappa shape index (κ1) is 16.0. The Labute approximate surface area is 139 Å². The third-order valence-corrected chi connectivity index (χ3v) is 4.25. The van der Waals surface area contributed by atoms with E-state index in [1.165, 1.54) is 17.2 Å². The Hall–Kier alpha value is -2.89. The molecular weight excluding hydrogens is 304 g/mol. The van der Waals surface area contributed by atoms with Crippen LogP contribution in [0.3, 0.4) is 0 Å². The molecule has 0 bridgehead atoms. The quantitative estimate of drug-likeness (QED) is 0.798. The van der Waals surface area contributed by atoms with Crippen LogP contribution in [0.4, 0.5) is 5.69 Å². The van der Waals surface area contributed by atoms with Crippen molar-refractivity contribution in [2.75, 3.05) is 5.32 Å². The van der Waals surface area contributed by atoms with Gasteiger partial charge in [-0.1, -0.05) is 29.8 Å². The molecule has 0 radical (unpaired) electrons. The van der Waals surface area contributed by atoms with Crippen LogP contribution in [0.15, 0.2) is 40.1 Å². The molecule has 0 saturated carbocycles. The molecule has 1 N–H and O–H groups in total. The maximum Gasteiger partial charge on any atom is 0.332 e. The van der Waals surface area contributed by atoms with Gasteiger partial charge in [0.2, 0.25) is 0 Å². The Balaban J connectivity index is 2.13. The zero-order valence-electron chi connectivity index (χ0n) is 14.3. The van der Waals surface area contributed by atoms with Crippen LogP contribution in [-0.2, 0) is 20.6 Å². The lowest BCUT2D eigenvalue weighted by molar-refractivity contribution is 0.707. The number of anilines is 1. The van der Waals surface area contributed by atoms with Gasteiger partial charge in [0.05, 0.1) is 5.69 Å². The van der Waals surface area contributed by atoms with Crippen molar-refractivity contribution in [3.63, 3.8) is 0 Å². The number of fused-ring (bicyclic) bond motifs is 1. The molecule has 3 rings (SSSR count). The lowest BCUT2D eigenvalue weighted by atomic mass is 10.1. The molecule has 3 aromatic rings. The van der Waals surface area contributed by atoms with Gasteiger partial charge in [-0.25, -0.2) is 9.78 Å². The minimum absolute atomic E-state index is 0.337. The molecule has 0 aliphatic carbocycles. The molecule has 0 fully saturated rings. The second-order valence-electron chi connectivity index (χ2n) is 6.06. The van der Waals surface area contributed by atoms with Crippen molar-refractivity contribution in [3.8, 4) is 0 Å². The Morgan fingerprint density at radius 3 is 2.38 bits per heavy atom. The lowest BCUT2D eigenvalue weighted by Gasteiger charge is -2.14. The van der Waals surface area contributed by atoms with E-state index in [0.717, 1.165) is 21.4 Å². The summed E-state index contributed by atoms with van der Waals surface area (Å²) in [5.74, 6) is 0. The van der Waals surface area contributed by atoms with Gasteiger partial charge in [0.1, 0.15) is 5.39 Å². The fourth-order valence-electron chi connectivity index (χ4n) is 2.75. The van der Waals surface area contributed by atoms with E-state index in [4.69, 9.17) is 0 Å². The van der Waals surface area contributed by atoms with Gasteiger partial charge in [-0.2, -0.15) is 0 Å². The van der Waals surface area contributed by atoms with Gasteiger partial charge in [-0.3, -0.25) is 13.9 Å². The van der Waals surface area contributed by atoms with E-state index in [-0.39, 0.29) is 11.2 Å². The van der Waals surface area contributed by atoms with Crippen molar-refractivity contribution in [1.29, 1.82) is 0 Å². The zero-order chi connectivity index (χ0) is 17.4. The molecule has 0 amide bonds. The van der Waals surface area contributed by atoms with Crippen LogP contribution in [0.1, 0.15) is 16.7 Å². The smallest absolute Gasteiger partial charge is 0.332 e. The summed E-state index contributed by atoms with van der Waals surface area (Å²) in [6, 6.07) is 8.21. The largest absolute Gasteiger partial charge is 0.380 e. The molecule has 24 heavy (non-hydrogen) atoms. The molecular formula is C18H20N4O2. The first-order valence-corrected chi connectivity index (χ1v) is 7.75. The number of benzene rings is 1. The van der Waals surface area contributed by atoms with Crippen molar-refractivity contribution >= 4 is 16.7 Å². The highest BCUT2D eigenvalue weighted by molar-refractivity contribution is 5.89. The summed E-state index contributed by atoms with van der Waals surface area (Å²) in [5.41, 5.74) is 3.58. The second-order valence-corrected chi connectivity index (χ2v) is 6.06. The molecule has 2 aromatic heterocycles. The maximum absolute atomic E-state index is 12.6. The second kappa shape index (κ2) is 5.96. The Bertz CT molecular complexity index is 1030. The molecule has 124 valence electrons. The number of aromatic nitrogens is 3. The standard InChI is InChI=1S/C18H20N4O2/c1-11-5-7-13(8-6-11)10-19-15-12(2)9-20-16-14(15)17(23)22(4)18(24)21(16)3/h5-9H,10H2,1-4H3,(H,19,20). The average Bonchev–Trinajstić information content (AvgIpc) is 2.58. The molecule has 0 aliphatic heterocycles. The predicted octanol–water partition coefficient (Wildman–Crippen LogP) is 1.86. The van der Waals surface area contributed by atoms with Crippen LogP contribution in [-0.4, -0.2) is 14.1 Å². The molecule has 0 unspecified atom stereocenters. The molecule has 0 spiro atoms. The molecule has 0 atom stereocenters. The van der Waals surface area contributed by atoms with Gasteiger partial charge in [0.25, 0.3) is 5.56 Å². The SMILES string of the molecule is Cc1ccc(CNc2c(C)cnc3c2c(=O)n(C)c(=O)n3C)cc1. The summed E-state index contributed by atoms with van der Waals surface area (Å²) in [5, 5.41) is 3.77. The summed E-state index contributed by atoms with van der Waals surface area (Å²) in [6.07, 6.45) is 1.68. The molecule has 6 nitrogen and oxygen atoms in total. The predicted molar refractivity (Wildman–Crippen MR) is 95.5 cm³/mol. The fourth-order valence-corrected chi connectivity index (χ4v) is 2.75. The Morgan fingerprint density at radius 2 is 1.71 bits per heavy atom. The van der Waals surface area contributed by atoms with E-state index in [9.17, 15) is 9.59 Å². The van der Waals surface area contributed by atoms with Crippen molar-refractivity contribution in [2.24, 2.45) is 14.1 Å². The number of pyridine rings is 1. The summed E-state index contributed by atoms with van der Waals surface area (Å²) in [7, 11) is 3.10. The minimum Gasteiger partial charge on any atom is -0.380 e. The molecule has 0 aliphatic rings. The van der Waals surface area contributed by atoms with E-state index in [2.05, 4.69) is 34.6 Å². The fraction of sp³-hybridized carbons (Fsp3) is 0.278. The summed E-state index contributed by atoms with van der Waals surface area (Å²) < 4.78 is 2.51. The van der Waals surface area contributed by atoms with Crippen LogP contribution in [0.5, 0.6) is 0 Å². The van der Waals surface area contributed by atoms with Gasteiger partial charge in [0.15, 0.2) is 5.65 Å². The molecule has 0 saturated heterocycles. The van der Waals surface area contributed by atoms with Crippen molar-refractivity contribution < 1.29 is 0 Å². The van der Waals surface area contributed by atoms with E-state index >= 15 is 0 Å². The summed E-state index contributed by atoms with van der Waals surface area (Å²) in [6.45, 7) is 4.53. The monoisotopic (exact) mass is 324 g/mol. The number of rotatable bonds is 3. The Morgan fingerprint density at radius 1 is 1.04 bits per heavy atom. The number of hydrogen-bond acceptors (Lipinski definition) is 4. The van der Waals surface area contributed by atoms with Gasteiger partial charge in [-0.05, 0) is 25.0 Å². The molecule has 6 heteroatoms. The first-order chi connectivity index (χ1) is 11.4. The van der Waals surface area contributed by atoms with Gasteiger partial charge < -0.3 is 5.32 Å². The van der Waals surface area contributed by atoms with Gasteiger partial charge >= 0.3 is 5.69 Å². The van der Waals surface area contributed by atoms with Crippen molar-refractivity contribution in [1.82, 2.24) is 14.1 Å². The third kappa shape index (κ3) is 2.60. The van der Waals surface area contributed by atoms with Crippen LogP contribution < -0.4 is 16.6 Å². The normalized spacial score (nSPS) is 11.0. The highest BCUT2D eigenvalue weighted by Gasteiger charge is 2.15. The molecule has 1 aromatic carbocycles. The maximum atomic E-state index is 12.6. The first-order valence-electron chi connectivity index (χ1n) is 7.75. The van der Waals surface area contributed by atoms with E-state index in [0.29, 0.717) is 17.6 Å².